The van der Waals surface area contributed by atoms with Crippen molar-refractivity contribution < 1.29 is 123 Å². The van der Waals surface area contributed by atoms with Gasteiger partial charge in [0.1, 0.15) is 18.3 Å². The largest absolute Gasteiger partial charge is 0.490 e. The molecule has 0 unspecified atom stereocenters. The van der Waals surface area contributed by atoms with Gasteiger partial charge >= 0.3 is 59.6 Å². The third kappa shape index (κ3) is 12.0. The number of methoxy groups -OCH3 is 2. The second-order valence-electron chi connectivity index (χ2n) is 20.9. The second kappa shape index (κ2) is 23.4. The first-order valence-electron chi connectivity index (χ1n) is 24.5. The summed E-state index contributed by atoms with van der Waals surface area (Å²) in [7, 11) is 2.51. The molecule has 3 aliphatic rings. The number of cyclic esters (lactones) is 1. The van der Waals surface area contributed by atoms with E-state index in [1.54, 1.807) is 52.0 Å². The smallest absolute Gasteiger partial charge is 0.460 e. The second-order valence-corrected chi connectivity index (χ2v) is 20.9. The maximum atomic E-state index is 15.5. The van der Waals surface area contributed by atoms with Crippen LogP contribution in [0.4, 0.5) is 74.6 Å². The van der Waals surface area contributed by atoms with Gasteiger partial charge in [0.25, 0.3) is 5.66 Å². The number of nitrogens with zero attached hydrogens (tertiary/aromatic N) is 2. The lowest BCUT2D eigenvalue weighted by molar-refractivity contribution is -0.463. The number of hydrogen-bond donors (Lipinski definition) is 3. The van der Waals surface area contributed by atoms with E-state index in [4.69, 9.17) is 23.7 Å². The van der Waals surface area contributed by atoms with Crippen LogP contribution in [0.25, 0.3) is 0 Å². The minimum Gasteiger partial charge on any atom is -0.490 e. The molecule has 0 amide bonds. The number of aliphatic hydroxyl groups is 3. The molecule has 0 aromatic heterocycles. The van der Waals surface area contributed by atoms with Crippen LogP contribution in [0.5, 0.6) is 0 Å². The number of benzene rings is 1. The molecular weight excluding hydrogens is 1120 g/mol. The van der Waals surface area contributed by atoms with Crippen molar-refractivity contribution in [2.45, 2.75) is 171 Å². The van der Waals surface area contributed by atoms with E-state index in [-0.39, 0.29) is 29.7 Å². The number of rotatable bonds is 17. The Morgan fingerprint density at radius 1 is 0.775 bits per heavy atom. The lowest BCUT2D eigenvalue weighted by Gasteiger charge is -2.50. The number of halogens is 17. The van der Waals surface area contributed by atoms with Gasteiger partial charge in [0, 0.05) is 42.8 Å². The molecule has 454 valence electrons. The highest BCUT2D eigenvalue weighted by molar-refractivity contribution is 5.89. The molecule has 3 heterocycles. The average molecular weight is 1190 g/mol. The van der Waals surface area contributed by atoms with Crippen LogP contribution in [-0.4, -0.2) is 132 Å². The summed E-state index contributed by atoms with van der Waals surface area (Å²) < 4.78 is 269. The number of carbonyl (C=O) groups excluding carboxylic acids is 2. The average Bonchev–Trinajstić information content (AvgIpc) is 4.18. The Morgan fingerprint density at radius 2 is 1.29 bits per heavy atom. The van der Waals surface area contributed by atoms with Gasteiger partial charge in [-0.2, -0.15) is 74.6 Å². The van der Waals surface area contributed by atoms with Gasteiger partial charge in [0.05, 0.1) is 31.0 Å². The zero-order valence-corrected chi connectivity index (χ0v) is 44.6. The molecule has 1 aromatic carbocycles. The van der Waals surface area contributed by atoms with Crippen LogP contribution in [0.1, 0.15) is 91.1 Å². The third-order valence-corrected chi connectivity index (χ3v) is 14.7. The molecule has 12 atom stereocenters. The highest BCUT2D eigenvalue weighted by atomic mass is 19.4. The van der Waals surface area contributed by atoms with Crippen molar-refractivity contribution in [2.75, 3.05) is 14.2 Å². The summed E-state index contributed by atoms with van der Waals surface area (Å²) in [5.41, 5.74) is -5.32. The van der Waals surface area contributed by atoms with E-state index in [2.05, 4.69) is 10.2 Å². The molecule has 0 saturated carbocycles. The molecule has 3 aliphatic heterocycles. The molecule has 1 saturated heterocycles. The number of ether oxygens (including phenoxy) is 5. The van der Waals surface area contributed by atoms with E-state index in [0.717, 1.165) is 5.57 Å². The van der Waals surface area contributed by atoms with Gasteiger partial charge in [-0.25, -0.2) is 9.59 Å². The first-order valence-corrected chi connectivity index (χ1v) is 24.5. The van der Waals surface area contributed by atoms with E-state index in [1.807, 2.05) is 13.8 Å². The third-order valence-electron chi connectivity index (χ3n) is 14.7. The Hall–Kier alpha value is -4.87. The van der Waals surface area contributed by atoms with E-state index < -0.39 is 149 Å². The van der Waals surface area contributed by atoms with Crippen molar-refractivity contribution >= 4 is 11.9 Å². The molecule has 29 heteroatoms. The minimum absolute atomic E-state index is 0.193. The molecule has 12 nitrogen and oxygen atoms in total. The minimum atomic E-state index is -8.83. The van der Waals surface area contributed by atoms with Crippen molar-refractivity contribution in [2.24, 2.45) is 45.7 Å². The van der Waals surface area contributed by atoms with Gasteiger partial charge in [0.15, 0.2) is 5.79 Å². The monoisotopic (exact) mass is 1180 g/mol. The lowest BCUT2D eigenvalue weighted by Crippen LogP contribution is -2.75. The summed E-state index contributed by atoms with van der Waals surface area (Å²) in [6, 6.07) is 1.34. The molecule has 1 aromatic rings. The van der Waals surface area contributed by atoms with E-state index in [1.165, 1.54) is 41.1 Å². The zero-order chi connectivity index (χ0) is 61.7. The molecule has 1 fully saturated rings. The topological polar surface area (TPSA) is 166 Å². The Labute approximate surface area is 448 Å². The first-order chi connectivity index (χ1) is 36.2. The van der Waals surface area contributed by atoms with Crippen LogP contribution in [0.15, 0.2) is 81.8 Å². The summed E-state index contributed by atoms with van der Waals surface area (Å²) in [6.45, 7) is 14.8. The van der Waals surface area contributed by atoms with Gasteiger partial charge in [-0.1, -0.05) is 96.0 Å². The maximum absolute atomic E-state index is 15.5. The predicted molar refractivity (Wildman–Crippen MR) is 247 cm³/mol. The number of esters is 2. The van der Waals surface area contributed by atoms with Gasteiger partial charge in [-0.3, -0.25) is 0 Å². The van der Waals surface area contributed by atoms with Crippen molar-refractivity contribution in [3.63, 3.8) is 0 Å². The normalized spacial score (nSPS) is 30.9. The standard InChI is InChI=1S/C51H61F17N2O10/c1-23(2)38-28(7)35(22-42(75,80-38)30(9)37(72)29(8)39-33(76-10)14-12-13-24(3)19-26(5)36(71)27(6)20-25(4)21-34(77-11)41(74)79-39)78-40(73)31-15-17-32(18-16-31)43(69-70-43)44(52,53)45(54,55)46(56,57)47(58,59)48(60,61)49(62,63)50(64,65)51(66,67)68/h12-18,20-21,23,26-30,33,35-39,71-72,75H,19,22H2,1-11H3/b14-12+,24-13+,25-20+,34-21-/t26-,27-,28+,29+,30+,33+,35-,36+,37-,38-,39-,42-/m1/s1. The Balaban J connectivity index is 1.65. The first kappa shape index (κ1) is 67.6. The molecule has 0 bridgehead atoms. The zero-order valence-electron chi connectivity index (χ0n) is 44.6. The molecule has 4 rings (SSSR count). The van der Waals surface area contributed by atoms with Crippen LogP contribution < -0.4 is 0 Å². The fourth-order valence-electron chi connectivity index (χ4n) is 9.57. The highest BCUT2D eigenvalue weighted by Gasteiger charge is 2.97. The molecular formula is C51H61F17N2O10. The quantitative estimate of drug-likeness (QED) is 0.101. The summed E-state index contributed by atoms with van der Waals surface area (Å²) in [6.07, 6.45) is -7.26. The number of alkyl halides is 17. The van der Waals surface area contributed by atoms with Gasteiger partial charge < -0.3 is 39.0 Å². The summed E-state index contributed by atoms with van der Waals surface area (Å²) in [4.78, 5) is 27.5. The number of aliphatic hydroxyl groups excluding tert-OH is 2. The van der Waals surface area contributed by atoms with Gasteiger partial charge in [-0.15, -0.1) is 10.2 Å². The maximum Gasteiger partial charge on any atom is 0.460 e. The predicted octanol–water partition coefficient (Wildman–Crippen LogP) is 12.2. The van der Waals surface area contributed by atoms with Crippen LogP contribution in [0.2, 0.25) is 0 Å². The van der Waals surface area contributed by atoms with E-state index >= 15 is 17.6 Å². The van der Waals surface area contributed by atoms with Gasteiger partial charge in [-0.05, 0) is 50.3 Å². The highest BCUT2D eigenvalue weighted by Crippen LogP contribution is 2.67. The molecule has 0 radical (unpaired) electrons. The molecule has 0 aliphatic carbocycles. The number of allylic oxidation sites excluding steroid dienone is 5. The van der Waals surface area contributed by atoms with Crippen molar-refractivity contribution in [1.29, 1.82) is 0 Å². The van der Waals surface area contributed by atoms with Crippen LogP contribution in [0.3, 0.4) is 0 Å². The summed E-state index contributed by atoms with van der Waals surface area (Å²) in [5.74, 6) is -67.9. The van der Waals surface area contributed by atoms with Crippen LogP contribution in [-0.2, 0) is 34.1 Å². The Morgan fingerprint density at radius 3 is 1.76 bits per heavy atom. The van der Waals surface area contributed by atoms with Gasteiger partial charge in [0.2, 0.25) is 5.76 Å². The Kier molecular flexibility index (Phi) is 19.8. The van der Waals surface area contributed by atoms with Crippen molar-refractivity contribution in [3.05, 3.63) is 82.7 Å². The number of hydrogen-bond acceptors (Lipinski definition) is 12. The summed E-state index contributed by atoms with van der Waals surface area (Å²) >= 11 is 0. The van der Waals surface area contributed by atoms with Crippen molar-refractivity contribution in [1.82, 2.24) is 0 Å². The van der Waals surface area contributed by atoms with E-state index in [0.29, 0.717) is 24.1 Å². The fourth-order valence-corrected chi connectivity index (χ4v) is 9.57. The molecule has 80 heavy (non-hydrogen) atoms. The molecule has 3 N–H and O–H groups in total. The number of carbonyl (C=O) groups is 2. The molecule has 0 spiro atoms. The SMILES string of the molecule is CO/C1=C\C(C)=C\[C@@H](C)[C@@H](O)[C@H](C)C/C(C)=C/C=C/[C@H](OC)[C@@H]([C@@H](C)[C@@H](O)[C@H](C)[C@@]2(O)C[C@@H](OC(=O)c3ccc(C4(C(F)(F)C(F)(F)C(F)(F)C(F)(F)C(F)(F)C(F)(F)C(F)(F)C(F)(F)F)N=N4)cc3)[C@H](C)[C@@H](C(C)C)O2)OC1=O. The fraction of sp³-hybridized carbons (Fsp3) is 0.686. The van der Waals surface area contributed by atoms with E-state index in [9.17, 15) is 82.0 Å². The lowest BCUT2D eigenvalue weighted by atomic mass is 9.76. The van der Waals surface area contributed by atoms with Crippen LogP contribution in [0, 0.1) is 35.5 Å². The van der Waals surface area contributed by atoms with Crippen molar-refractivity contribution in [3.8, 4) is 0 Å². The Bertz CT molecular complexity index is 2530. The summed E-state index contributed by atoms with van der Waals surface area (Å²) in [5, 5.41) is 40.4. The van der Waals surface area contributed by atoms with Crippen LogP contribution >= 0.6 is 0 Å².